The van der Waals surface area contributed by atoms with Gasteiger partial charge in [-0.2, -0.15) is 4.37 Å². The summed E-state index contributed by atoms with van der Waals surface area (Å²) in [5, 5.41) is 3.31. The third-order valence-corrected chi connectivity index (χ3v) is 3.11. The van der Waals surface area contributed by atoms with Crippen LogP contribution >= 0.6 is 11.5 Å². The summed E-state index contributed by atoms with van der Waals surface area (Å²) < 4.78 is 4.01. The smallest absolute Gasteiger partial charge is 0.226 e. The molecule has 1 aromatic heterocycles. The predicted octanol–water partition coefficient (Wildman–Crippen LogP) is 1.80. The topological polar surface area (TPSA) is 80.9 Å². The molecule has 0 fully saturated rings. The number of rotatable bonds is 6. The van der Waals surface area contributed by atoms with Crippen molar-refractivity contribution in [3.63, 3.8) is 0 Å². The first-order valence-corrected chi connectivity index (χ1v) is 6.58. The van der Waals surface area contributed by atoms with Crippen LogP contribution in [-0.4, -0.2) is 21.8 Å². The van der Waals surface area contributed by atoms with Crippen molar-refractivity contribution in [3.05, 3.63) is 5.82 Å². The quantitative estimate of drug-likeness (QED) is 0.813. The van der Waals surface area contributed by atoms with Crippen molar-refractivity contribution in [1.82, 2.24) is 9.36 Å². The summed E-state index contributed by atoms with van der Waals surface area (Å²) >= 11 is 1.20. The highest BCUT2D eigenvalue weighted by Gasteiger charge is 2.15. The molecule has 0 spiro atoms. The number of carbonyl (C=O) groups is 1. The minimum atomic E-state index is -0.0303. The maximum atomic E-state index is 11.7. The van der Waals surface area contributed by atoms with E-state index in [9.17, 15) is 4.79 Å². The molecule has 0 aliphatic heterocycles. The van der Waals surface area contributed by atoms with Gasteiger partial charge < -0.3 is 11.1 Å². The Hall–Kier alpha value is -1.01. The van der Waals surface area contributed by atoms with Crippen molar-refractivity contribution < 1.29 is 4.79 Å². The van der Waals surface area contributed by atoms with Crippen LogP contribution in [0.15, 0.2) is 0 Å². The largest absolute Gasteiger partial charge is 0.330 e. The second-order valence-corrected chi connectivity index (χ2v) is 5.38. The average Bonchev–Trinajstić information content (AvgIpc) is 2.62. The van der Waals surface area contributed by atoms with Crippen LogP contribution < -0.4 is 11.1 Å². The van der Waals surface area contributed by atoms with Gasteiger partial charge in [-0.05, 0) is 31.7 Å². The number of aryl methyl sites for hydroxylation is 1. The van der Waals surface area contributed by atoms with E-state index < -0.39 is 0 Å². The zero-order valence-electron chi connectivity index (χ0n) is 10.6. The predicted molar refractivity (Wildman–Crippen MR) is 69.9 cm³/mol. The maximum absolute atomic E-state index is 11.7. The van der Waals surface area contributed by atoms with Gasteiger partial charge in [-0.1, -0.05) is 13.8 Å². The Balaban J connectivity index is 2.42. The highest BCUT2D eigenvalue weighted by molar-refractivity contribution is 7.09. The van der Waals surface area contributed by atoms with E-state index in [4.69, 9.17) is 5.73 Å². The molecule has 0 aliphatic rings. The van der Waals surface area contributed by atoms with Crippen LogP contribution in [0.3, 0.4) is 0 Å². The summed E-state index contributed by atoms with van der Waals surface area (Å²) in [6.07, 6.45) is 1.42. The van der Waals surface area contributed by atoms with Crippen LogP contribution in [0.2, 0.25) is 0 Å². The number of nitrogens with one attached hydrogen (secondary N) is 1. The van der Waals surface area contributed by atoms with Crippen molar-refractivity contribution in [3.8, 4) is 0 Å². The highest BCUT2D eigenvalue weighted by Crippen LogP contribution is 2.16. The number of nitrogens with two attached hydrogens (primary N) is 1. The Morgan fingerprint density at radius 1 is 1.53 bits per heavy atom. The molecule has 5 nitrogen and oxygen atoms in total. The fourth-order valence-corrected chi connectivity index (χ4v) is 2.30. The molecule has 96 valence electrons. The Bertz CT molecular complexity index is 364. The van der Waals surface area contributed by atoms with Gasteiger partial charge in [-0.25, -0.2) is 4.98 Å². The van der Waals surface area contributed by atoms with Gasteiger partial charge >= 0.3 is 0 Å². The van der Waals surface area contributed by atoms with Crippen LogP contribution in [-0.2, 0) is 4.79 Å². The number of amides is 1. The zero-order chi connectivity index (χ0) is 12.8. The molecular weight excluding hydrogens is 236 g/mol. The lowest BCUT2D eigenvalue weighted by atomic mass is 9.94. The average molecular weight is 256 g/mol. The number of nitrogens with zero attached hydrogens (tertiary/aromatic N) is 2. The van der Waals surface area contributed by atoms with Gasteiger partial charge in [-0.15, -0.1) is 0 Å². The fourth-order valence-electron chi connectivity index (χ4n) is 1.71. The monoisotopic (exact) mass is 256 g/mol. The van der Waals surface area contributed by atoms with E-state index in [2.05, 4.69) is 28.5 Å². The molecule has 6 heteroatoms. The molecule has 1 atom stereocenters. The van der Waals surface area contributed by atoms with E-state index >= 15 is 0 Å². The Morgan fingerprint density at radius 2 is 2.24 bits per heavy atom. The lowest BCUT2D eigenvalue weighted by Gasteiger charge is -2.15. The molecular formula is C11H20N4OS. The van der Waals surface area contributed by atoms with E-state index in [1.165, 1.54) is 11.5 Å². The van der Waals surface area contributed by atoms with Crippen LogP contribution in [0.25, 0.3) is 0 Å². The normalized spacial score (nSPS) is 12.8. The number of carbonyl (C=O) groups excluding carboxylic acids is 1. The minimum Gasteiger partial charge on any atom is -0.330 e. The van der Waals surface area contributed by atoms with Crippen molar-refractivity contribution in [1.29, 1.82) is 0 Å². The molecule has 17 heavy (non-hydrogen) atoms. The van der Waals surface area contributed by atoms with Crippen molar-refractivity contribution >= 4 is 22.6 Å². The van der Waals surface area contributed by atoms with Gasteiger partial charge in [0.05, 0.1) is 0 Å². The lowest BCUT2D eigenvalue weighted by molar-refractivity contribution is -0.117. The van der Waals surface area contributed by atoms with Crippen molar-refractivity contribution in [2.45, 2.75) is 33.6 Å². The van der Waals surface area contributed by atoms with Gasteiger partial charge in [0.1, 0.15) is 5.82 Å². The molecule has 1 rings (SSSR count). The minimum absolute atomic E-state index is 0.0303. The second kappa shape index (κ2) is 6.66. The highest BCUT2D eigenvalue weighted by atomic mass is 32.1. The van der Waals surface area contributed by atoms with Crippen LogP contribution in [0.1, 0.15) is 32.5 Å². The van der Waals surface area contributed by atoms with Gasteiger partial charge in [0.2, 0.25) is 11.0 Å². The molecule has 0 aliphatic carbocycles. The van der Waals surface area contributed by atoms with E-state index in [1.807, 2.05) is 0 Å². The molecule has 1 amide bonds. The molecule has 0 radical (unpaired) electrons. The summed E-state index contributed by atoms with van der Waals surface area (Å²) in [4.78, 5) is 15.8. The fraction of sp³-hybridized carbons (Fsp3) is 0.727. The number of aromatic nitrogens is 2. The number of anilines is 1. The van der Waals surface area contributed by atoms with E-state index in [1.54, 1.807) is 6.92 Å². The SMILES string of the molecule is Cc1nsc(NC(=O)C[C@@H](CN)CC(C)C)n1. The van der Waals surface area contributed by atoms with Crippen LogP contribution in [0.4, 0.5) is 5.13 Å². The first-order valence-electron chi connectivity index (χ1n) is 5.81. The van der Waals surface area contributed by atoms with E-state index in [0.717, 1.165) is 6.42 Å². The standard InChI is InChI=1S/C11H20N4OS/c1-7(2)4-9(6-12)5-10(16)14-11-13-8(3)15-17-11/h7,9H,4-6,12H2,1-3H3,(H,13,14,15,16)/t9-/m0/s1. The molecule has 1 heterocycles. The van der Waals surface area contributed by atoms with Crippen molar-refractivity contribution in [2.75, 3.05) is 11.9 Å². The molecule has 3 N–H and O–H groups in total. The molecule has 0 bridgehead atoms. The third-order valence-electron chi connectivity index (χ3n) is 2.39. The molecule has 0 saturated heterocycles. The Morgan fingerprint density at radius 3 is 2.71 bits per heavy atom. The van der Waals surface area contributed by atoms with Gasteiger partial charge in [0, 0.05) is 18.0 Å². The summed E-state index contributed by atoms with van der Waals surface area (Å²) in [6, 6.07) is 0. The second-order valence-electron chi connectivity index (χ2n) is 4.63. The summed E-state index contributed by atoms with van der Waals surface area (Å²) in [5.74, 6) is 1.45. The molecule has 0 unspecified atom stereocenters. The summed E-state index contributed by atoms with van der Waals surface area (Å²) in [5.41, 5.74) is 5.66. The Kier molecular flexibility index (Phi) is 5.50. The van der Waals surface area contributed by atoms with Gasteiger partial charge in [0.25, 0.3) is 0 Å². The van der Waals surface area contributed by atoms with Crippen LogP contribution in [0.5, 0.6) is 0 Å². The third kappa shape index (κ3) is 5.23. The number of hydrogen-bond donors (Lipinski definition) is 2. The molecule has 0 aromatic carbocycles. The van der Waals surface area contributed by atoms with Crippen LogP contribution in [0, 0.1) is 18.8 Å². The Labute approximate surface area is 106 Å². The first kappa shape index (κ1) is 14.1. The zero-order valence-corrected chi connectivity index (χ0v) is 11.4. The van der Waals surface area contributed by atoms with Crippen molar-refractivity contribution in [2.24, 2.45) is 17.6 Å². The first-order chi connectivity index (χ1) is 8.01. The molecule has 0 saturated carbocycles. The summed E-state index contributed by atoms with van der Waals surface area (Å²) in [6.45, 7) is 6.61. The maximum Gasteiger partial charge on any atom is 0.226 e. The van der Waals surface area contributed by atoms with E-state index in [0.29, 0.717) is 29.8 Å². The molecule has 1 aromatic rings. The van der Waals surface area contributed by atoms with Gasteiger partial charge in [0.15, 0.2) is 0 Å². The summed E-state index contributed by atoms with van der Waals surface area (Å²) in [7, 11) is 0. The van der Waals surface area contributed by atoms with Gasteiger partial charge in [-0.3, -0.25) is 4.79 Å². The van der Waals surface area contributed by atoms with E-state index in [-0.39, 0.29) is 11.8 Å². The lowest BCUT2D eigenvalue weighted by Crippen LogP contribution is -2.23. The number of hydrogen-bond acceptors (Lipinski definition) is 5.